The summed E-state index contributed by atoms with van der Waals surface area (Å²) in [5, 5.41) is 10.4. The molecule has 2 rings (SSSR count). The van der Waals surface area contributed by atoms with Crippen molar-refractivity contribution in [3.8, 4) is 0 Å². The molecule has 108 valence electrons. The maximum absolute atomic E-state index is 13.5. The lowest BCUT2D eigenvalue weighted by Crippen LogP contribution is -2.17. The summed E-state index contributed by atoms with van der Waals surface area (Å²) in [6, 6.07) is 5.67. The third-order valence-electron chi connectivity index (χ3n) is 2.84. The molecule has 1 aromatic heterocycles. The third kappa shape index (κ3) is 3.38. The fourth-order valence-corrected chi connectivity index (χ4v) is 1.93. The number of rotatable bonds is 3. The number of aryl methyl sites for hydroxylation is 2. The van der Waals surface area contributed by atoms with Gasteiger partial charge >= 0.3 is 0 Å². The molecule has 0 spiro atoms. The SMILES string of the molecule is Cc1cc(C(=O)Nc2ccc(F)c(C(N)=S)c2)c(C)nn1. The molecular formula is C14H13FN4OS. The van der Waals surface area contributed by atoms with Gasteiger partial charge in [0, 0.05) is 11.3 Å². The molecule has 21 heavy (non-hydrogen) atoms. The van der Waals surface area contributed by atoms with Gasteiger partial charge in [0.05, 0.1) is 17.0 Å². The fraction of sp³-hybridized carbons (Fsp3) is 0.143. The molecular weight excluding hydrogens is 291 g/mol. The lowest BCUT2D eigenvalue weighted by atomic mass is 10.1. The van der Waals surface area contributed by atoms with Crippen molar-refractivity contribution in [1.29, 1.82) is 0 Å². The molecule has 1 aromatic carbocycles. The van der Waals surface area contributed by atoms with Crippen LogP contribution < -0.4 is 11.1 Å². The van der Waals surface area contributed by atoms with E-state index in [1.54, 1.807) is 19.9 Å². The van der Waals surface area contributed by atoms with Gasteiger partial charge in [0.1, 0.15) is 10.8 Å². The van der Waals surface area contributed by atoms with Crippen molar-refractivity contribution in [2.24, 2.45) is 5.73 Å². The quantitative estimate of drug-likeness (QED) is 0.849. The van der Waals surface area contributed by atoms with Crippen LogP contribution in [0.25, 0.3) is 0 Å². The zero-order chi connectivity index (χ0) is 15.6. The fourth-order valence-electron chi connectivity index (χ4n) is 1.77. The molecule has 0 aliphatic rings. The van der Waals surface area contributed by atoms with Crippen LogP contribution in [0.15, 0.2) is 24.3 Å². The molecule has 0 fully saturated rings. The van der Waals surface area contributed by atoms with Crippen molar-refractivity contribution < 1.29 is 9.18 Å². The summed E-state index contributed by atoms with van der Waals surface area (Å²) in [6.07, 6.45) is 0. The second-order valence-electron chi connectivity index (χ2n) is 4.50. The van der Waals surface area contributed by atoms with Crippen molar-refractivity contribution in [1.82, 2.24) is 10.2 Å². The molecule has 5 nitrogen and oxygen atoms in total. The Morgan fingerprint density at radius 2 is 1.95 bits per heavy atom. The van der Waals surface area contributed by atoms with Gasteiger partial charge in [0.15, 0.2) is 0 Å². The van der Waals surface area contributed by atoms with Crippen LogP contribution in [0, 0.1) is 19.7 Å². The lowest BCUT2D eigenvalue weighted by Gasteiger charge is -2.09. The van der Waals surface area contributed by atoms with Crippen LogP contribution in [0.4, 0.5) is 10.1 Å². The van der Waals surface area contributed by atoms with Gasteiger partial charge < -0.3 is 11.1 Å². The summed E-state index contributed by atoms with van der Waals surface area (Å²) in [5.74, 6) is -0.885. The van der Waals surface area contributed by atoms with E-state index in [9.17, 15) is 9.18 Å². The van der Waals surface area contributed by atoms with Gasteiger partial charge in [0.25, 0.3) is 5.91 Å². The summed E-state index contributed by atoms with van der Waals surface area (Å²) in [4.78, 5) is 12.1. The van der Waals surface area contributed by atoms with Crippen molar-refractivity contribution in [3.05, 3.63) is 52.6 Å². The minimum absolute atomic E-state index is 0.0683. The molecule has 1 heterocycles. The van der Waals surface area contributed by atoms with E-state index in [4.69, 9.17) is 18.0 Å². The minimum atomic E-state index is -0.530. The Balaban J connectivity index is 2.29. The Morgan fingerprint density at radius 3 is 2.62 bits per heavy atom. The number of benzene rings is 1. The number of anilines is 1. The molecule has 0 radical (unpaired) electrons. The van der Waals surface area contributed by atoms with Crippen molar-refractivity contribution in [2.75, 3.05) is 5.32 Å². The Hall–Kier alpha value is -2.41. The number of thiocarbonyl (C=S) groups is 1. The standard InChI is InChI=1S/C14H13FN4OS/c1-7-5-10(8(2)19-18-7)14(20)17-9-3-4-12(15)11(6-9)13(16)21/h3-6H,1-2H3,(H2,16,21)(H,17,20). The van der Waals surface area contributed by atoms with E-state index >= 15 is 0 Å². The van der Waals surface area contributed by atoms with Gasteiger partial charge in [-0.25, -0.2) is 4.39 Å². The van der Waals surface area contributed by atoms with E-state index in [1.807, 2.05) is 0 Å². The minimum Gasteiger partial charge on any atom is -0.389 e. The second-order valence-corrected chi connectivity index (χ2v) is 4.94. The second kappa shape index (κ2) is 5.92. The molecule has 0 aliphatic carbocycles. The number of carbonyl (C=O) groups excluding carboxylic acids is 1. The maximum Gasteiger partial charge on any atom is 0.257 e. The van der Waals surface area contributed by atoms with E-state index in [0.717, 1.165) is 0 Å². The molecule has 0 aliphatic heterocycles. The molecule has 0 saturated carbocycles. The Kier molecular flexibility index (Phi) is 4.23. The topological polar surface area (TPSA) is 80.9 Å². The molecule has 1 amide bonds. The average Bonchev–Trinajstić information content (AvgIpc) is 2.43. The van der Waals surface area contributed by atoms with Crippen LogP contribution in [0.3, 0.4) is 0 Å². The molecule has 3 N–H and O–H groups in total. The van der Waals surface area contributed by atoms with E-state index in [2.05, 4.69) is 15.5 Å². The molecule has 0 bridgehead atoms. The van der Waals surface area contributed by atoms with Gasteiger partial charge in [-0.05, 0) is 38.1 Å². The highest BCUT2D eigenvalue weighted by atomic mass is 32.1. The monoisotopic (exact) mass is 304 g/mol. The number of nitrogens with one attached hydrogen (secondary N) is 1. The first-order chi connectivity index (χ1) is 9.88. The third-order valence-corrected chi connectivity index (χ3v) is 3.05. The molecule has 0 atom stereocenters. The number of nitrogens with two attached hydrogens (primary N) is 1. The maximum atomic E-state index is 13.5. The van der Waals surface area contributed by atoms with Crippen molar-refractivity contribution >= 4 is 28.8 Å². The van der Waals surface area contributed by atoms with Crippen LogP contribution in [0.5, 0.6) is 0 Å². The number of carbonyl (C=O) groups is 1. The van der Waals surface area contributed by atoms with Crippen LogP contribution in [-0.2, 0) is 0 Å². The first kappa shape index (κ1) is 15.0. The van der Waals surface area contributed by atoms with Gasteiger partial charge in [0.2, 0.25) is 0 Å². The zero-order valence-corrected chi connectivity index (χ0v) is 12.3. The smallest absolute Gasteiger partial charge is 0.257 e. The normalized spacial score (nSPS) is 10.2. The number of nitrogens with zero attached hydrogens (tertiary/aromatic N) is 2. The number of halogens is 1. The van der Waals surface area contributed by atoms with Gasteiger partial charge in [-0.2, -0.15) is 10.2 Å². The highest BCUT2D eigenvalue weighted by Crippen LogP contribution is 2.16. The van der Waals surface area contributed by atoms with Crippen LogP contribution in [-0.4, -0.2) is 21.1 Å². The summed E-state index contributed by atoms with van der Waals surface area (Å²) in [7, 11) is 0. The van der Waals surface area contributed by atoms with Gasteiger partial charge in [-0.1, -0.05) is 12.2 Å². The Morgan fingerprint density at radius 1 is 1.24 bits per heavy atom. The molecule has 2 aromatic rings. The summed E-state index contributed by atoms with van der Waals surface area (Å²) >= 11 is 4.76. The van der Waals surface area contributed by atoms with E-state index < -0.39 is 5.82 Å². The number of hydrogen-bond acceptors (Lipinski definition) is 4. The first-order valence-electron chi connectivity index (χ1n) is 6.10. The average molecular weight is 304 g/mol. The molecule has 7 heteroatoms. The van der Waals surface area contributed by atoms with Crippen molar-refractivity contribution in [2.45, 2.75) is 13.8 Å². The summed E-state index contributed by atoms with van der Waals surface area (Å²) in [6.45, 7) is 3.43. The van der Waals surface area contributed by atoms with Crippen LogP contribution in [0.2, 0.25) is 0 Å². The van der Waals surface area contributed by atoms with E-state index in [-0.39, 0.29) is 16.5 Å². The van der Waals surface area contributed by atoms with Crippen molar-refractivity contribution in [3.63, 3.8) is 0 Å². The summed E-state index contributed by atoms with van der Waals surface area (Å²) < 4.78 is 13.5. The highest BCUT2D eigenvalue weighted by molar-refractivity contribution is 7.80. The number of aromatic nitrogens is 2. The Bertz CT molecular complexity index is 733. The van der Waals surface area contributed by atoms with E-state index in [1.165, 1.54) is 18.2 Å². The highest BCUT2D eigenvalue weighted by Gasteiger charge is 2.13. The van der Waals surface area contributed by atoms with Gasteiger partial charge in [-0.15, -0.1) is 0 Å². The predicted molar refractivity (Wildman–Crippen MR) is 81.7 cm³/mol. The number of amides is 1. The van der Waals surface area contributed by atoms with Crippen LogP contribution in [0.1, 0.15) is 27.3 Å². The van der Waals surface area contributed by atoms with E-state index in [0.29, 0.717) is 22.6 Å². The van der Waals surface area contributed by atoms with Crippen LogP contribution >= 0.6 is 12.2 Å². The first-order valence-corrected chi connectivity index (χ1v) is 6.51. The van der Waals surface area contributed by atoms with Gasteiger partial charge in [-0.3, -0.25) is 4.79 Å². The molecule has 0 saturated heterocycles. The zero-order valence-electron chi connectivity index (χ0n) is 11.5. The Labute approximate surface area is 126 Å². The largest absolute Gasteiger partial charge is 0.389 e. The number of hydrogen-bond donors (Lipinski definition) is 2. The lowest BCUT2D eigenvalue weighted by molar-refractivity contribution is 0.102. The molecule has 0 unspecified atom stereocenters. The predicted octanol–water partition coefficient (Wildman–Crippen LogP) is 2.12. The summed E-state index contributed by atoms with van der Waals surface area (Å²) in [5.41, 5.74) is 7.47.